The molecule has 1 aliphatic rings. The van der Waals surface area contributed by atoms with Crippen molar-refractivity contribution >= 4 is 22.8 Å². The van der Waals surface area contributed by atoms with E-state index in [2.05, 4.69) is 4.98 Å². The predicted molar refractivity (Wildman–Crippen MR) is 113 cm³/mol. The van der Waals surface area contributed by atoms with E-state index in [4.69, 9.17) is 10.5 Å². The third kappa shape index (κ3) is 3.60. The van der Waals surface area contributed by atoms with E-state index in [0.717, 1.165) is 22.9 Å². The van der Waals surface area contributed by atoms with Gasteiger partial charge in [0.2, 0.25) is 5.43 Å². The van der Waals surface area contributed by atoms with Gasteiger partial charge in [0.1, 0.15) is 17.2 Å². The van der Waals surface area contributed by atoms with Gasteiger partial charge < -0.3 is 15.4 Å². The smallest absolute Gasteiger partial charge is 0.343 e. The third-order valence-electron chi connectivity index (χ3n) is 5.48. The molecule has 3 aromatic rings. The number of pyridine rings is 2. The first kappa shape index (κ1) is 21.8. The molecule has 1 atom stereocenters. The van der Waals surface area contributed by atoms with Crippen LogP contribution >= 0.6 is 0 Å². The minimum absolute atomic E-state index is 0.000959. The largest absolute Gasteiger partial charge is 0.462 e. The first-order chi connectivity index (χ1) is 15.2. The van der Waals surface area contributed by atoms with Crippen LogP contribution in [0.2, 0.25) is 0 Å². The Balaban J connectivity index is 2.08. The van der Waals surface area contributed by atoms with Crippen LogP contribution in [0, 0.1) is 24.4 Å². The summed E-state index contributed by atoms with van der Waals surface area (Å²) in [6, 6.07) is 2.69. The van der Waals surface area contributed by atoms with Gasteiger partial charge in [0.05, 0.1) is 17.7 Å². The molecule has 4 rings (SSSR count). The summed E-state index contributed by atoms with van der Waals surface area (Å²) in [7, 11) is 0. The number of hydrogen-bond acceptors (Lipinski definition) is 6. The highest BCUT2D eigenvalue weighted by Gasteiger charge is 2.28. The molecule has 1 fully saturated rings. The van der Waals surface area contributed by atoms with E-state index in [1.165, 1.54) is 6.92 Å². The number of nitrogens with zero attached hydrogens (tertiary/aromatic N) is 3. The maximum atomic E-state index is 15.3. The molecule has 32 heavy (non-hydrogen) atoms. The summed E-state index contributed by atoms with van der Waals surface area (Å²) in [5, 5.41) is -0.191. The molecule has 168 valence electrons. The molecule has 2 N–H and O–H groups in total. The molecule has 0 aliphatic carbocycles. The minimum atomic E-state index is -0.946. The number of ether oxygens (including phenoxy) is 1. The molecule has 1 aliphatic heterocycles. The standard InChI is InChI=1S/C22H21F3N4O3/c1-3-32-22(31)14-10-29(16-5-4-12(23)8-15(16)24)20-17(19(14)30)11(2)18(25)21(27-20)28-7-6-13(26)9-28/h4-5,8,10,13H,3,6-7,9,26H2,1-2H3. The van der Waals surface area contributed by atoms with Gasteiger partial charge in [-0.25, -0.2) is 22.9 Å². The lowest BCUT2D eigenvalue weighted by Gasteiger charge is -2.21. The van der Waals surface area contributed by atoms with Gasteiger partial charge in [-0.3, -0.25) is 9.36 Å². The predicted octanol–water partition coefficient (Wildman–Crippen LogP) is 2.83. The van der Waals surface area contributed by atoms with Crippen LogP contribution in [0.5, 0.6) is 0 Å². The SMILES string of the molecule is CCOC(=O)c1cn(-c2ccc(F)cc2F)c2nc(N3CCC(N)C3)c(F)c(C)c2c1=O. The maximum absolute atomic E-state index is 15.3. The lowest BCUT2D eigenvalue weighted by Crippen LogP contribution is -2.29. The van der Waals surface area contributed by atoms with Crippen molar-refractivity contribution in [3.8, 4) is 5.69 Å². The van der Waals surface area contributed by atoms with Crippen LogP contribution in [0.4, 0.5) is 19.0 Å². The van der Waals surface area contributed by atoms with Crippen LogP contribution < -0.4 is 16.1 Å². The number of fused-ring (bicyclic) bond motifs is 1. The summed E-state index contributed by atoms with van der Waals surface area (Å²) in [6.45, 7) is 3.79. The van der Waals surface area contributed by atoms with Crippen molar-refractivity contribution in [2.45, 2.75) is 26.3 Å². The average Bonchev–Trinajstić information content (AvgIpc) is 3.17. The summed E-state index contributed by atoms with van der Waals surface area (Å²) in [5.41, 5.74) is 4.47. The maximum Gasteiger partial charge on any atom is 0.343 e. The number of nitrogens with two attached hydrogens (primary N) is 1. The highest BCUT2D eigenvalue weighted by Crippen LogP contribution is 2.29. The number of anilines is 1. The second-order valence-corrected chi connectivity index (χ2v) is 7.63. The van der Waals surface area contributed by atoms with Crippen LogP contribution in [-0.2, 0) is 4.74 Å². The number of halogens is 3. The second kappa shape index (κ2) is 8.27. The number of carbonyl (C=O) groups excluding carboxylic acids is 1. The zero-order chi connectivity index (χ0) is 23.2. The van der Waals surface area contributed by atoms with Gasteiger partial charge in [0.15, 0.2) is 17.3 Å². The van der Waals surface area contributed by atoms with E-state index in [1.54, 1.807) is 11.8 Å². The van der Waals surface area contributed by atoms with E-state index < -0.39 is 34.4 Å². The Hall–Kier alpha value is -3.40. The molecular weight excluding hydrogens is 425 g/mol. The van der Waals surface area contributed by atoms with Crippen LogP contribution in [0.3, 0.4) is 0 Å². The Bertz CT molecular complexity index is 1290. The molecule has 2 aromatic heterocycles. The number of rotatable bonds is 4. The monoisotopic (exact) mass is 446 g/mol. The lowest BCUT2D eigenvalue weighted by molar-refractivity contribution is 0.0524. The second-order valence-electron chi connectivity index (χ2n) is 7.63. The molecule has 0 radical (unpaired) electrons. The van der Waals surface area contributed by atoms with Gasteiger partial charge in [0.25, 0.3) is 0 Å². The Labute approximate surface area is 181 Å². The number of hydrogen-bond donors (Lipinski definition) is 1. The molecule has 0 bridgehead atoms. The molecular formula is C22H21F3N4O3. The van der Waals surface area contributed by atoms with Crippen molar-refractivity contribution in [3.05, 3.63) is 63.2 Å². The highest BCUT2D eigenvalue weighted by atomic mass is 19.1. The Kier molecular flexibility index (Phi) is 5.64. The lowest BCUT2D eigenvalue weighted by atomic mass is 10.1. The van der Waals surface area contributed by atoms with Crippen molar-refractivity contribution in [1.82, 2.24) is 9.55 Å². The summed E-state index contributed by atoms with van der Waals surface area (Å²) in [6.07, 6.45) is 1.72. The van der Waals surface area contributed by atoms with Crippen molar-refractivity contribution in [3.63, 3.8) is 0 Å². The number of esters is 1. The van der Waals surface area contributed by atoms with Crippen LogP contribution in [-0.4, -0.2) is 41.3 Å². The zero-order valence-corrected chi connectivity index (χ0v) is 17.5. The normalized spacial score (nSPS) is 16.1. The number of benzene rings is 1. The summed E-state index contributed by atoms with van der Waals surface area (Å²) < 4.78 is 49.6. The van der Waals surface area contributed by atoms with Crippen molar-refractivity contribution in [1.29, 1.82) is 0 Å². The van der Waals surface area contributed by atoms with Gasteiger partial charge in [-0.1, -0.05) is 0 Å². The minimum Gasteiger partial charge on any atom is -0.462 e. The Morgan fingerprint density at radius 3 is 2.69 bits per heavy atom. The van der Waals surface area contributed by atoms with E-state index in [0.29, 0.717) is 25.6 Å². The fourth-order valence-corrected chi connectivity index (χ4v) is 3.88. The first-order valence-electron chi connectivity index (χ1n) is 10.1. The van der Waals surface area contributed by atoms with Gasteiger partial charge in [-0.05, 0) is 32.4 Å². The van der Waals surface area contributed by atoms with Crippen LogP contribution in [0.1, 0.15) is 29.3 Å². The quantitative estimate of drug-likeness (QED) is 0.620. The molecule has 7 nitrogen and oxygen atoms in total. The van der Waals surface area contributed by atoms with Gasteiger partial charge >= 0.3 is 5.97 Å². The third-order valence-corrected chi connectivity index (χ3v) is 5.48. The number of aryl methyl sites for hydroxylation is 1. The van der Waals surface area contributed by atoms with E-state index >= 15 is 4.39 Å². The van der Waals surface area contributed by atoms with Crippen molar-refractivity contribution in [2.75, 3.05) is 24.6 Å². The van der Waals surface area contributed by atoms with E-state index in [1.807, 2.05) is 0 Å². The van der Waals surface area contributed by atoms with Crippen LogP contribution in [0.25, 0.3) is 16.7 Å². The van der Waals surface area contributed by atoms with E-state index in [-0.39, 0.29) is 40.8 Å². The molecule has 1 saturated heterocycles. The zero-order valence-electron chi connectivity index (χ0n) is 17.5. The number of aromatic nitrogens is 2. The van der Waals surface area contributed by atoms with Gasteiger partial charge in [-0.15, -0.1) is 0 Å². The van der Waals surface area contributed by atoms with E-state index in [9.17, 15) is 18.4 Å². The summed E-state index contributed by atoms with van der Waals surface area (Å²) in [5.74, 6) is -3.44. The molecule has 0 spiro atoms. The molecule has 10 heteroatoms. The van der Waals surface area contributed by atoms with Gasteiger partial charge in [0, 0.05) is 37.0 Å². The number of carbonyl (C=O) groups is 1. The summed E-state index contributed by atoms with van der Waals surface area (Å²) in [4.78, 5) is 31.5. The first-order valence-corrected chi connectivity index (χ1v) is 10.1. The molecule has 1 unspecified atom stereocenters. The topological polar surface area (TPSA) is 90.5 Å². The van der Waals surface area contributed by atoms with Crippen molar-refractivity contribution < 1.29 is 22.7 Å². The highest BCUT2D eigenvalue weighted by molar-refractivity contribution is 5.95. The Morgan fingerprint density at radius 1 is 1.31 bits per heavy atom. The van der Waals surface area contributed by atoms with Crippen molar-refractivity contribution in [2.24, 2.45) is 5.73 Å². The van der Waals surface area contributed by atoms with Crippen LogP contribution in [0.15, 0.2) is 29.2 Å². The average molecular weight is 446 g/mol. The molecule has 0 amide bonds. The molecule has 3 heterocycles. The molecule has 1 aromatic carbocycles. The fourth-order valence-electron chi connectivity index (χ4n) is 3.88. The fraction of sp³-hybridized carbons (Fsp3) is 0.318. The van der Waals surface area contributed by atoms with Gasteiger partial charge in [-0.2, -0.15) is 0 Å². The molecule has 0 saturated carbocycles. The summed E-state index contributed by atoms with van der Waals surface area (Å²) >= 11 is 0. The Morgan fingerprint density at radius 2 is 2.06 bits per heavy atom.